The third-order valence-corrected chi connectivity index (χ3v) is 5.72. The number of nitrogens with zero attached hydrogens (tertiary/aromatic N) is 1. The number of pyridine rings is 1. The van der Waals surface area contributed by atoms with Crippen molar-refractivity contribution >= 4 is 56.0 Å². The number of rotatable bonds is 4. The lowest BCUT2D eigenvalue weighted by atomic mass is 10.0. The number of hydrogen-bond donors (Lipinski definition) is 0. The molecule has 3 aromatic carbocycles. The molecule has 1 heterocycles. The van der Waals surface area contributed by atoms with Crippen LogP contribution in [0.25, 0.3) is 22.2 Å². The van der Waals surface area contributed by atoms with Crippen molar-refractivity contribution in [2.75, 3.05) is 0 Å². The van der Waals surface area contributed by atoms with Gasteiger partial charge in [0.2, 0.25) is 0 Å². The zero-order chi connectivity index (χ0) is 20.4. The van der Waals surface area contributed by atoms with Crippen LogP contribution in [-0.2, 0) is 11.3 Å². The molecule has 0 aliphatic rings. The van der Waals surface area contributed by atoms with Crippen LogP contribution >= 0.6 is 39.1 Å². The average molecular weight is 487 g/mol. The maximum absolute atomic E-state index is 12.9. The summed E-state index contributed by atoms with van der Waals surface area (Å²) >= 11 is 15.8. The maximum atomic E-state index is 12.9. The van der Waals surface area contributed by atoms with E-state index < -0.39 is 5.97 Å². The van der Waals surface area contributed by atoms with E-state index in [-0.39, 0.29) is 6.61 Å². The molecule has 4 aromatic rings. The Kier molecular flexibility index (Phi) is 5.86. The molecular formula is C23H14BrCl2NO2. The van der Waals surface area contributed by atoms with Gasteiger partial charge in [0.1, 0.15) is 6.61 Å². The summed E-state index contributed by atoms with van der Waals surface area (Å²) in [5.74, 6) is -0.460. The Morgan fingerprint density at radius 1 is 0.931 bits per heavy atom. The predicted molar refractivity (Wildman–Crippen MR) is 120 cm³/mol. The molecule has 0 unspecified atom stereocenters. The second-order valence-electron chi connectivity index (χ2n) is 6.36. The van der Waals surface area contributed by atoms with E-state index >= 15 is 0 Å². The topological polar surface area (TPSA) is 39.2 Å². The summed E-state index contributed by atoms with van der Waals surface area (Å²) < 4.78 is 6.52. The quantitative estimate of drug-likeness (QED) is 0.283. The minimum atomic E-state index is -0.460. The van der Waals surface area contributed by atoms with Crippen LogP contribution in [0.2, 0.25) is 10.0 Å². The molecule has 29 heavy (non-hydrogen) atoms. The number of ether oxygens (including phenoxy) is 1. The van der Waals surface area contributed by atoms with Crippen LogP contribution in [0.1, 0.15) is 15.9 Å². The number of fused-ring (bicyclic) bond motifs is 1. The summed E-state index contributed by atoms with van der Waals surface area (Å²) in [4.78, 5) is 17.6. The first-order valence-electron chi connectivity index (χ1n) is 8.78. The minimum Gasteiger partial charge on any atom is -0.457 e. The first-order valence-corrected chi connectivity index (χ1v) is 10.3. The molecular weight excluding hydrogens is 473 g/mol. The van der Waals surface area contributed by atoms with Crippen molar-refractivity contribution in [3.05, 3.63) is 98.4 Å². The molecule has 0 spiro atoms. The highest BCUT2D eigenvalue weighted by Gasteiger charge is 2.16. The number of carbonyl (C=O) groups excluding carboxylic acids is 1. The lowest BCUT2D eigenvalue weighted by molar-refractivity contribution is 0.0475. The van der Waals surface area contributed by atoms with Gasteiger partial charge in [-0.25, -0.2) is 9.78 Å². The second kappa shape index (κ2) is 8.54. The van der Waals surface area contributed by atoms with Crippen LogP contribution in [0.5, 0.6) is 0 Å². The van der Waals surface area contributed by atoms with E-state index in [0.29, 0.717) is 26.9 Å². The third kappa shape index (κ3) is 4.30. The van der Waals surface area contributed by atoms with Gasteiger partial charge in [-0.3, -0.25) is 0 Å². The van der Waals surface area contributed by atoms with Gasteiger partial charge in [-0.05, 0) is 36.4 Å². The van der Waals surface area contributed by atoms with Crippen molar-refractivity contribution in [2.24, 2.45) is 0 Å². The Hall–Kier alpha value is -2.40. The van der Waals surface area contributed by atoms with Crippen molar-refractivity contribution in [1.29, 1.82) is 0 Å². The summed E-state index contributed by atoms with van der Waals surface area (Å²) in [6.07, 6.45) is 0. The molecule has 144 valence electrons. The molecule has 0 amide bonds. The predicted octanol–water partition coefficient (Wildman–Crippen LogP) is 7.33. The van der Waals surface area contributed by atoms with Gasteiger partial charge in [0, 0.05) is 31.0 Å². The molecule has 4 rings (SSSR count). The first-order chi connectivity index (χ1) is 14.0. The van der Waals surface area contributed by atoms with E-state index in [1.807, 2.05) is 48.5 Å². The highest BCUT2D eigenvalue weighted by molar-refractivity contribution is 9.10. The number of hydrogen-bond acceptors (Lipinski definition) is 3. The zero-order valence-corrected chi connectivity index (χ0v) is 18.1. The van der Waals surface area contributed by atoms with Gasteiger partial charge in [-0.1, -0.05) is 75.5 Å². The summed E-state index contributed by atoms with van der Waals surface area (Å²) in [6.45, 7) is -0.0123. The van der Waals surface area contributed by atoms with Crippen LogP contribution in [0.3, 0.4) is 0 Å². The van der Waals surface area contributed by atoms with Crippen molar-refractivity contribution in [3.8, 4) is 11.3 Å². The molecule has 1 aromatic heterocycles. The first kappa shape index (κ1) is 19.9. The van der Waals surface area contributed by atoms with Gasteiger partial charge in [0.05, 0.1) is 16.8 Å². The molecule has 0 N–H and O–H groups in total. The van der Waals surface area contributed by atoms with Gasteiger partial charge in [0.15, 0.2) is 0 Å². The van der Waals surface area contributed by atoms with Crippen LogP contribution in [0, 0.1) is 0 Å². The fraction of sp³-hybridized carbons (Fsp3) is 0.0435. The van der Waals surface area contributed by atoms with E-state index in [2.05, 4.69) is 15.9 Å². The van der Waals surface area contributed by atoms with Crippen molar-refractivity contribution in [1.82, 2.24) is 4.98 Å². The molecule has 6 heteroatoms. The van der Waals surface area contributed by atoms with E-state index in [1.165, 1.54) is 0 Å². The second-order valence-corrected chi connectivity index (χ2v) is 8.09. The van der Waals surface area contributed by atoms with Gasteiger partial charge in [-0.2, -0.15) is 0 Å². The van der Waals surface area contributed by atoms with Gasteiger partial charge in [-0.15, -0.1) is 0 Å². The van der Waals surface area contributed by atoms with Crippen LogP contribution in [0.15, 0.2) is 77.3 Å². The summed E-state index contributed by atoms with van der Waals surface area (Å²) in [7, 11) is 0. The molecule has 0 saturated heterocycles. The van der Waals surface area contributed by atoms with Gasteiger partial charge >= 0.3 is 5.97 Å². The third-order valence-electron chi connectivity index (χ3n) is 4.49. The lowest BCUT2D eigenvalue weighted by Crippen LogP contribution is -2.07. The molecule has 0 bridgehead atoms. The molecule has 0 atom stereocenters. The van der Waals surface area contributed by atoms with E-state index in [1.54, 1.807) is 24.3 Å². The standard InChI is InChI=1S/C23H14BrCl2NO2/c24-15-10-8-14(9-11-15)22-12-17(16-4-1-2-7-21(16)27-22)23(28)29-13-18-19(25)5-3-6-20(18)26/h1-12H,13H2. The fourth-order valence-electron chi connectivity index (χ4n) is 3.00. The van der Waals surface area contributed by atoms with Crippen molar-refractivity contribution < 1.29 is 9.53 Å². The molecule has 0 fully saturated rings. The number of esters is 1. The number of benzene rings is 3. The van der Waals surface area contributed by atoms with E-state index in [4.69, 9.17) is 32.9 Å². The average Bonchev–Trinajstić information content (AvgIpc) is 2.73. The van der Waals surface area contributed by atoms with Gasteiger partial charge < -0.3 is 4.74 Å². The number of aromatic nitrogens is 1. The Labute approximate surface area is 186 Å². The van der Waals surface area contributed by atoms with Crippen molar-refractivity contribution in [2.45, 2.75) is 6.61 Å². The highest BCUT2D eigenvalue weighted by Crippen LogP contribution is 2.28. The summed E-state index contributed by atoms with van der Waals surface area (Å²) in [6, 6.07) is 22.2. The van der Waals surface area contributed by atoms with Crippen molar-refractivity contribution in [3.63, 3.8) is 0 Å². The molecule has 0 aliphatic heterocycles. The van der Waals surface area contributed by atoms with Gasteiger partial charge in [0.25, 0.3) is 0 Å². The Balaban J connectivity index is 1.72. The molecule has 0 radical (unpaired) electrons. The summed E-state index contributed by atoms with van der Waals surface area (Å²) in [5, 5.41) is 1.64. The van der Waals surface area contributed by atoms with E-state index in [9.17, 15) is 4.79 Å². The molecule has 0 saturated carbocycles. The molecule has 3 nitrogen and oxygen atoms in total. The van der Waals surface area contributed by atoms with Crippen LogP contribution < -0.4 is 0 Å². The minimum absolute atomic E-state index is 0.0123. The monoisotopic (exact) mass is 485 g/mol. The zero-order valence-electron chi connectivity index (χ0n) is 15.0. The molecule has 0 aliphatic carbocycles. The Morgan fingerprint density at radius 2 is 1.62 bits per heavy atom. The Bertz CT molecular complexity index is 1190. The lowest BCUT2D eigenvalue weighted by Gasteiger charge is -2.11. The largest absolute Gasteiger partial charge is 0.457 e. The number of carbonyl (C=O) groups is 1. The maximum Gasteiger partial charge on any atom is 0.339 e. The van der Waals surface area contributed by atoms with Crippen LogP contribution in [-0.4, -0.2) is 11.0 Å². The Morgan fingerprint density at radius 3 is 2.34 bits per heavy atom. The smallest absolute Gasteiger partial charge is 0.339 e. The van der Waals surface area contributed by atoms with E-state index in [0.717, 1.165) is 20.9 Å². The normalized spacial score (nSPS) is 10.9. The van der Waals surface area contributed by atoms with Crippen LogP contribution in [0.4, 0.5) is 0 Å². The number of para-hydroxylation sites is 1. The highest BCUT2D eigenvalue weighted by atomic mass is 79.9. The fourth-order valence-corrected chi connectivity index (χ4v) is 3.77. The summed E-state index contributed by atoms with van der Waals surface area (Å²) in [5.41, 5.74) is 3.34. The SMILES string of the molecule is O=C(OCc1c(Cl)cccc1Cl)c1cc(-c2ccc(Br)cc2)nc2ccccc12. The number of halogens is 3.